The molecule has 0 saturated carbocycles. The van der Waals surface area contributed by atoms with Gasteiger partial charge in [0.15, 0.2) is 11.5 Å². The van der Waals surface area contributed by atoms with Crippen molar-refractivity contribution in [2.45, 2.75) is 13.0 Å². The van der Waals surface area contributed by atoms with E-state index in [4.69, 9.17) is 16.3 Å². The average molecular weight is 357 g/mol. The van der Waals surface area contributed by atoms with Gasteiger partial charge in [0.25, 0.3) is 0 Å². The van der Waals surface area contributed by atoms with Crippen LogP contribution in [0.3, 0.4) is 0 Å². The minimum atomic E-state index is 0.0170. The van der Waals surface area contributed by atoms with Gasteiger partial charge in [-0.05, 0) is 36.8 Å². The number of anilines is 1. The Bertz CT molecular complexity index is 619. The summed E-state index contributed by atoms with van der Waals surface area (Å²) in [6, 6.07) is 11.0. The number of phenolic OH excluding ortho intramolecular Hbond substituents is 1. The second-order valence-electron chi connectivity index (χ2n) is 4.42. The molecule has 0 aliphatic heterocycles. The zero-order valence-corrected chi connectivity index (χ0v) is 13.5. The first-order chi connectivity index (χ1) is 9.51. The van der Waals surface area contributed by atoms with E-state index in [1.165, 1.54) is 7.11 Å². The molecule has 2 rings (SSSR count). The van der Waals surface area contributed by atoms with Crippen LogP contribution in [0, 0.1) is 0 Å². The number of aromatic hydroxyl groups is 1. The Labute approximate surface area is 131 Å². The largest absolute Gasteiger partial charge is 0.504 e. The third-order valence-corrected chi connectivity index (χ3v) is 3.81. The summed E-state index contributed by atoms with van der Waals surface area (Å²) in [6.45, 7) is 2.01. The van der Waals surface area contributed by atoms with Crippen molar-refractivity contribution in [3.8, 4) is 11.5 Å². The summed E-state index contributed by atoms with van der Waals surface area (Å²) >= 11 is 9.62. The second-order valence-corrected chi connectivity index (χ2v) is 5.74. The first-order valence-corrected chi connectivity index (χ1v) is 7.27. The fourth-order valence-corrected chi connectivity index (χ4v) is 2.80. The Hall–Kier alpha value is -1.39. The summed E-state index contributed by atoms with van der Waals surface area (Å²) in [7, 11) is 1.52. The third-order valence-electron chi connectivity index (χ3n) is 2.99. The van der Waals surface area contributed by atoms with Gasteiger partial charge in [0.05, 0.1) is 7.11 Å². The molecule has 2 N–H and O–H groups in total. The summed E-state index contributed by atoms with van der Waals surface area (Å²) < 4.78 is 5.96. The highest BCUT2D eigenvalue weighted by Gasteiger charge is 2.11. The minimum absolute atomic E-state index is 0.0170. The van der Waals surface area contributed by atoms with Crippen molar-refractivity contribution in [2.24, 2.45) is 0 Å². The monoisotopic (exact) mass is 355 g/mol. The molecule has 1 atom stereocenters. The normalized spacial score (nSPS) is 12.0. The van der Waals surface area contributed by atoms with E-state index in [-0.39, 0.29) is 11.8 Å². The van der Waals surface area contributed by atoms with Crippen molar-refractivity contribution in [3.05, 3.63) is 51.5 Å². The molecule has 3 nitrogen and oxygen atoms in total. The van der Waals surface area contributed by atoms with Gasteiger partial charge < -0.3 is 15.2 Å². The number of methoxy groups -OCH3 is 1. The lowest BCUT2D eigenvalue weighted by Crippen LogP contribution is -2.07. The summed E-state index contributed by atoms with van der Waals surface area (Å²) in [5.41, 5.74) is 1.79. The van der Waals surface area contributed by atoms with E-state index < -0.39 is 0 Å². The fraction of sp³-hybridized carbons (Fsp3) is 0.200. The van der Waals surface area contributed by atoms with Crippen LogP contribution in [0.2, 0.25) is 5.02 Å². The summed E-state index contributed by atoms with van der Waals surface area (Å²) in [6.07, 6.45) is 0. The molecule has 0 aliphatic carbocycles. The molecule has 0 saturated heterocycles. The quantitative estimate of drug-likeness (QED) is 0.811. The summed E-state index contributed by atoms with van der Waals surface area (Å²) in [4.78, 5) is 0. The van der Waals surface area contributed by atoms with E-state index in [2.05, 4.69) is 21.2 Å². The molecule has 0 heterocycles. The molecule has 0 bridgehead atoms. The van der Waals surface area contributed by atoms with Crippen molar-refractivity contribution in [1.82, 2.24) is 0 Å². The van der Waals surface area contributed by atoms with Gasteiger partial charge in [0, 0.05) is 27.3 Å². The van der Waals surface area contributed by atoms with E-state index in [1.54, 1.807) is 12.1 Å². The summed E-state index contributed by atoms with van der Waals surface area (Å²) in [5, 5.41) is 13.8. The molecule has 0 radical (unpaired) electrons. The molecule has 1 unspecified atom stereocenters. The van der Waals surface area contributed by atoms with Gasteiger partial charge in [-0.1, -0.05) is 33.6 Å². The molecular weight excluding hydrogens is 342 g/mol. The highest BCUT2D eigenvalue weighted by atomic mass is 79.9. The molecule has 0 aromatic heterocycles. The predicted molar refractivity (Wildman–Crippen MR) is 85.8 cm³/mol. The minimum Gasteiger partial charge on any atom is -0.504 e. The van der Waals surface area contributed by atoms with Crippen molar-refractivity contribution in [1.29, 1.82) is 0 Å². The number of rotatable bonds is 4. The lowest BCUT2D eigenvalue weighted by molar-refractivity contribution is 0.373. The molecule has 20 heavy (non-hydrogen) atoms. The number of nitrogens with one attached hydrogen (secondary N) is 1. The van der Waals surface area contributed by atoms with E-state index >= 15 is 0 Å². The molecule has 0 spiro atoms. The van der Waals surface area contributed by atoms with Crippen LogP contribution >= 0.6 is 27.5 Å². The van der Waals surface area contributed by atoms with Gasteiger partial charge in [-0.15, -0.1) is 0 Å². The van der Waals surface area contributed by atoms with Crippen LogP contribution in [0.15, 0.2) is 40.9 Å². The Morgan fingerprint density at radius 2 is 2.00 bits per heavy atom. The first kappa shape index (κ1) is 15.0. The first-order valence-electron chi connectivity index (χ1n) is 6.09. The maximum atomic E-state index is 9.77. The maximum absolute atomic E-state index is 9.77. The van der Waals surface area contributed by atoms with Crippen LogP contribution in [0.1, 0.15) is 18.5 Å². The third kappa shape index (κ3) is 3.38. The van der Waals surface area contributed by atoms with E-state index in [9.17, 15) is 5.11 Å². The van der Waals surface area contributed by atoms with Gasteiger partial charge in [0.1, 0.15) is 0 Å². The molecule has 0 aliphatic rings. The SMILES string of the molecule is COc1ccc(NC(C)c2ccc(Br)cc2Cl)cc1O. The molecule has 2 aromatic carbocycles. The Morgan fingerprint density at radius 3 is 2.60 bits per heavy atom. The van der Waals surface area contributed by atoms with Crippen molar-refractivity contribution < 1.29 is 9.84 Å². The van der Waals surface area contributed by atoms with E-state index in [0.717, 1.165) is 15.7 Å². The van der Waals surface area contributed by atoms with Crippen LogP contribution in [0.25, 0.3) is 0 Å². The molecule has 5 heteroatoms. The highest BCUT2D eigenvalue weighted by molar-refractivity contribution is 9.10. The number of ether oxygens (including phenoxy) is 1. The van der Waals surface area contributed by atoms with Crippen LogP contribution in [0.5, 0.6) is 11.5 Å². The average Bonchev–Trinajstić information content (AvgIpc) is 2.38. The van der Waals surface area contributed by atoms with Gasteiger partial charge in [-0.2, -0.15) is 0 Å². The van der Waals surface area contributed by atoms with Gasteiger partial charge >= 0.3 is 0 Å². The predicted octanol–water partition coefficient (Wildman–Crippen LogP) is 4.99. The number of hydrogen-bond acceptors (Lipinski definition) is 3. The van der Waals surface area contributed by atoms with Crippen LogP contribution < -0.4 is 10.1 Å². The standard InChI is InChI=1S/C15H15BrClNO2/c1-9(12-5-3-10(16)7-13(12)17)18-11-4-6-15(20-2)14(19)8-11/h3-9,18-19H,1-2H3. The van der Waals surface area contributed by atoms with Crippen molar-refractivity contribution in [3.63, 3.8) is 0 Å². The number of hydrogen-bond donors (Lipinski definition) is 2. The molecule has 0 fully saturated rings. The fourth-order valence-electron chi connectivity index (χ4n) is 1.96. The van der Waals surface area contributed by atoms with Crippen LogP contribution in [0.4, 0.5) is 5.69 Å². The molecular formula is C15H15BrClNO2. The topological polar surface area (TPSA) is 41.5 Å². The van der Waals surface area contributed by atoms with Gasteiger partial charge in [0.2, 0.25) is 0 Å². The Kier molecular flexibility index (Phi) is 4.78. The van der Waals surface area contributed by atoms with Crippen LogP contribution in [-0.4, -0.2) is 12.2 Å². The second kappa shape index (κ2) is 6.37. The number of benzene rings is 2. The number of phenols is 1. The maximum Gasteiger partial charge on any atom is 0.160 e. The van der Waals surface area contributed by atoms with Crippen molar-refractivity contribution in [2.75, 3.05) is 12.4 Å². The highest BCUT2D eigenvalue weighted by Crippen LogP contribution is 2.32. The lowest BCUT2D eigenvalue weighted by Gasteiger charge is -2.18. The van der Waals surface area contributed by atoms with Gasteiger partial charge in [-0.3, -0.25) is 0 Å². The Morgan fingerprint density at radius 1 is 1.25 bits per heavy atom. The van der Waals surface area contributed by atoms with Crippen molar-refractivity contribution >= 4 is 33.2 Å². The molecule has 2 aromatic rings. The molecule has 0 amide bonds. The lowest BCUT2D eigenvalue weighted by atomic mass is 10.1. The smallest absolute Gasteiger partial charge is 0.160 e. The zero-order valence-electron chi connectivity index (χ0n) is 11.2. The zero-order chi connectivity index (χ0) is 14.7. The van der Waals surface area contributed by atoms with Crippen LogP contribution in [-0.2, 0) is 0 Å². The van der Waals surface area contributed by atoms with Gasteiger partial charge in [-0.25, -0.2) is 0 Å². The molecule has 106 valence electrons. The Balaban J connectivity index is 2.18. The van der Waals surface area contributed by atoms with E-state index in [0.29, 0.717) is 10.8 Å². The van der Waals surface area contributed by atoms with E-state index in [1.807, 2.05) is 31.2 Å². The number of halogens is 2. The summed E-state index contributed by atoms with van der Waals surface area (Å²) in [5.74, 6) is 0.552.